The summed E-state index contributed by atoms with van der Waals surface area (Å²) in [5.41, 5.74) is 2.78. The molecule has 1 amide bonds. The van der Waals surface area contributed by atoms with Gasteiger partial charge < -0.3 is 5.32 Å². The normalized spacial score (nSPS) is 10.6. The van der Waals surface area contributed by atoms with E-state index in [1.165, 1.54) is 0 Å². The number of nitrogens with one attached hydrogen (secondary N) is 1. The molecule has 1 aromatic rings. The van der Waals surface area contributed by atoms with Gasteiger partial charge in [0.05, 0.1) is 13.1 Å². The molecule has 0 unspecified atom stereocenters. The molecular formula is C15H22N2O2. The molecule has 4 heteroatoms. The van der Waals surface area contributed by atoms with Crippen molar-refractivity contribution in [2.75, 3.05) is 26.7 Å². The van der Waals surface area contributed by atoms with E-state index in [4.69, 9.17) is 0 Å². The minimum absolute atomic E-state index is 0.0491. The Bertz CT molecular complexity index is 469. The molecule has 0 atom stereocenters. The standard InChI is InChI=1S/C15H22N2O2/c1-5-16-15(19)10-17(4)9-14(18)13-8-11(2)6-7-12(13)3/h6-8H,5,9-10H2,1-4H3,(H,16,19). The molecule has 0 spiro atoms. The Hall–Kier alpha value is -1.68. The van der Waals surface area contributed by atoms with Gasteiger partial charge >= 0.3 is 0 Å². The molecule has 1 N–H and O–H groups in total. The number of carbonyl (C=O) groups excluding carboxylic acids is 2. The molecule has 0 radical (unpaired) electrons. The van der Waals surface area contributed by atoms with Gasteiger partial charge in [-0.25, -0.2) is 0 Å². The summed E-state index contributed by atoms with van der Waals surface area (Å²) in [6.45, 7) is 6.87. The summed E-state index contributed by atoms with van der Waals surface area (Å²) in [5, 5.41) is 2.72. The second-order valence-corrected chi connectivity index (χ2v) is 4.87. The fourth-order valence-corrected chi connectivity index (χ4v) is 1.92. The Balaban J connectivity index is 2.64. The van der Waals surface area contributed by atoms with E-state index < -0.39 is 0 Å². The molecule has 0 heterocycles. The molecule has 0 aliphatic rings. The summed E-state index contributed by atoms with van der Waals surface area (Å²) in [6, 6.07) is 5.84. The minimum atomic E-state index is -0.0567. The molecule has 0 saturated heterocycles. The molecule has 0 aliphatic heterocycles. The number of hydrogen-bond acceptors (Lipinski definition) is 3. The van der Waals surface area contributed by atoms with Crippen LogP contribution in [0.25, 0.3) is 0 Å². The van der Waals surface area contributed by atoms with Crippen LogP contribution in [0.2, 0.25) is 0 Å². The highest BCUT2D eigenvalue weighted by atomic mass is 16.2. The number of rotatable bonds is 6. The summed E-state index contributed by atoms with van der Waals surface area (Å²) in [6.07, 6.45) is 0. The van der Waals surface area contributed by atoms with Crippen LogP contribution in [-0.4, -0.2) is 43.3 Å². The van der Waals surface area contributed by atoms with Gasteiger partial charge in [-0.3, -0.25) is 14.5 Å². The summed E-state index contributed by atoms with van der Waals surface area (Å²) in [5.74, 6) is -0.00763. The number of amides is 1. The highest BCUT2D eigenvalue weighted by molar-refractivity contribution is 5.99. The maximum Gasteiger partial charge on any atom is 0.234 e. The van der Waals surface area contributed by atoms with Crippen LogP contribution in [0.3, 0.4) is 0 Å². The summed E-state index contributed by atoms with van der Waals surface area (Å²) in [4.78, 5) is 25.4. The van der Waals surface area contributed by atoms with Crippen molar-refractivity contribution in [3.8, 4) is 0 Å². The number of carbonyl (C=O) groups is 2. The van der Waals surface area contributed by atoms with Crippen molar-refractivity contribution in [3.05, 3.63) is 34.9 Å². The topological polar surface area (TPSA) is 49.4 Å². The van der Waals surface area contributed by atoms with Crippen molar-refractivity contribution in [2.24, 2.45) is 0 Å². The summed E-state index contributed by atoms with van der Waals surface area (Å²) >= 11 is 0. The van der Waals surface area contributed by atoms with E-state index in [0.29, 0.717) is 6.54 Å². The van der Waals surface area contributed by atoms with Crippen LogP contribution >= 0.6 is 0 Å². The predicted molar refractivity (Wildman–Crippen MR) is 76.4 cm³/mol. The van der Waals surface area contributed by atoms with Gasteiger partial charge in [-0.15, -0.1) is 0 Å². The van der Waals surface area contributed by atoms with E-state index in [-0.39, 0.29) is 24.8 Å². The third-order valence-electron chi connectivity index (χ3n) is 2.89. The maximum atomic E-state index is 12.2. The number of Topliss-reactive ketones (excluding diaryl/α,β-unsaturated/α-hetero) is 1. The molecule has 1 rings (SSSR count). The Morgan fingerprint density at radius 3 is 2.53 bits per heavy atom. The number of hydrogen-bond donors (Lipinski definition) is 1. The first-order chi connectivity index (χ1) is 8.93. The van der Waals surface area contributed by atoms with Crippen LogP contribution in [0.15, 0.2) is 18.2 Å². The smallest absolute Gasteiger partial charge is 0.234 e. The van der Waals surface area contributed by atoms with Crippen molar-refractivity contribution < 1.29 is 9.59 Å². The lowest BCUT2D eigenvalue weighted by Gasteiger charge is -2.16. The van der Waals surface area contributed by atoms with Crippen molar-refractivity contribution in [3.63, 3.8) is 0 Å². The van der Waals surface area contributed by atoms with Crippen LogP contribution in [0.5, 0.6) is 0 Å². The number of ketones is 1. The summed E-state index contributed by atoms with van der Waals surface area (Å²) in [7, 11) is 1.78. The van der Waals surface area contributed by atoms with E-state index in [2.05, 4.69) is 5.32 Å². The number of benzene rings is 1. The number of aryl methyl sites for hydroxylation is 2. The molecule has 1 aromatic carbocycles. The molecule has 19 heavy (non-hydrogen) atoms. The Morgan fingerprint density at radius 1 is 1.21 bits per heavy atom. The first-order valence-electron chi connectivity index (χ1n) is 6.49. The quantitative estimate of drug-likeness (QED) is 0.791. The highest BCUT2D eigenvalue weighted by Gasteiger charge is 2.13. The zero-order chi connectivity index (χ0) is 14.4. The van der Waals surface area contributed by atoms with Crippen LogP contribution in [0, 0.1) is 13.8 Å². The van der Waals surface area contributed by atoms with Crippen LogP contribution in [0.1, 0.15) is 28.4 Å². The number of likely N-dealkylation sites (N-methyl/N-ethyl adjacent to an activating group) is 2. The fourth-order valence-electron chi connectivity index (χ4n) is 1.92. The third-order valence-corrected chi connectivity index (χ3v) is 2.89. The average Bonchev–Trinajstić information content (AvgIpc) is 2.32. The van der Waals surface area contributed by atoms with Crippen LogP contribution in [0.4, 0.5) is 0 Å². The Kier molecular flexibility index (Phi) is 5.70. The molecular weight excluding hydrogens is 240 g/mol. The van der Waals surface area contributed by atoms with Crippen LogP contribution in [-0.2, 0) is 4.79 Å². The van der Waals surface area contributed by atoms with Gasteiger partial charge in [-0.2, -0.15) is 0 Å². The Labute approximate surface area is 114 Å². The van der Waals surface area contributed by atoms with Gasteiger partial charge in [0.25, 0.3) is 0 Å². The molecule has 0 bridgehead atoms. The van der Waals surface area contributed by atoms with Crippen molar-refractivity contribution in [2.45, 2.75) is 20.8 Å². The predicted octanol–water partition coefficient (Wildman–Crippen LogP) is 1.55. The summed E-state index contributed by atoms with van der Waals surface area (Å²) < 4.78 is 0. The largest absolute Gasteiger partial charge is 0.355 e. The maximum absolute atomic E-state index is 12.2. The SMILES string of the molecule is CCNC(=O)CN(C)CC(=O)c1cc(C)ccc1C. The van der Waals surface area contributed by atoms with Gasteiger partial charge in [0.1, 0.15) is 0 Å². The third kappa shape index (κ3) is 4.83. The first-order valence-corrected chi connectivity index (χ1v) is 6.49. The fraction of sp³-hybridized carbons (Fsp3) is 0.467. The lowest BCUT2D eigenvalue weighted by Crippen LogP contribution is -2.37. The van der Waals surface area contributed by atoms with E-state index in [0.717, 1.165) is 16.7 Å². The van der Waals surface area contributed by atoms with Gasteiger partial charge in [0.15, 0.2) is 5.78 Å². The molecule has 104 valence electrons. The number of nitrogens with zero attached hydrogens (tertiary/aromatic N) is 1. The zero-order valence-electron chi connectivity index (χ0n) is 12.1. The van der Waals surface area contributed by atoms with Gasteiger partial charge in [0, 0.05) is 12.1 Å². The second kappa shape index (κ2) is 7.04. The van der Waals surface area contributed by atoms with Crippen molar-refractivity contribution in [1.29, 1.82) is 0 Å². The average molecular weight is 262 g/mol. The Morgan fingerprint density at radius 2 is 1.89 bits per heavy atom. The molecule has 4 nitrogen and oxygen atoms in total. The van der Waals surface area contributed by atoms with E-state index >= 15 is 0 Å². The van der Waals surface area contributed by atoms with Gasteiger partial charge in [-0.05, 0) is 39.4 Å². The van der Waals surface area contributed by atoms with Crippen molar-refractivity contribution in [1.82, 2.24) is 10.2 Å². The van der Waals surface area contributed by atoms with Gasteiger partial charge in [-0.1, -0.05) is 17.7 Å². The second-order valence-electron chi connectivity index (χ2n) is 4.87. The van der Waals surface area contributed by atoms with E-state index in [1.54, 1.807) is 11.9 Å². The monoisotopic (exact) mass is 262 g/mol. The molecule has 0 aromatic heterocycles. The molecule has 0 aliphatic carbocycles. The first kappa shape index (κ1) is 15.4. The van der Waals surface area contributed by atoms with Gasteiger partial charge in [0.2, 0.25) is 5.91 Å². The van der Waals surface area contributed by atoms with Crippen molar-refractivity contribution >= 4 is 11.7 Å². The van der Waals surface area contributed by atoms with E-state index in [1.807, 2.05) is 39.0 Å². The van der Waals surface area contributed by atoms with E-state index in [9.17, 15) is 9.59 Å². The molecule has 0 saturated carbocycles. The van der Waals surface area contributed by atoms with Crippen LogP contribution < -0.4 is 5.32 Å². The molecule has 0 fully saturated rings. The zero-order valence-corrected chi connectivity index (χ0v) is 12.1. The lowest BCUT2D eigenvalue weighted by molar-refractivity contribution is -0.121. The minimum Gasteiger partial charge on any atom is -0.355 e. The highest BCUT2D eigenvalue weighted by Crippen LogP contribution is 2.11. The lowest BCUT2D eigenvalue weighted by atomic mass is 10.0.